The second kappa shape index (κ2) is 2.40. The number of rotatable bonds is 0. The highest BCUT2D eigenvalue weighted by Crippen LogP contribution is 2.57. The average Bonchev–Trinajstić information content (AvgIpc) is 2.91. The topological polar surface area (TPSA) is 20.3 Å². The van der Waals surface area contributed by atoms with E-state index in [9.17, 15) is 9.18 Å². The lowest BCUT2D eigenvalue weighted by Crippen LogP contribution is -2.28. The Kier molecular flexibility index (Phi) is 1.43. The molecule has 0 unspecified atom stereocenters. The van der Waals surface area contributed by atoms with Crippen LogP contribution in [-0.4, -0.2) is 13.0 Å². The molecule has 2 aliphatic rings. The average molecular weight is 205 g/mol. The van der Waals surface area contributed by atoms with Gasteiger partial charge in [0.2, 0.25) is 5.91 Å². The number of amides is 1. The predicted molar refractivity (Wildman–Crippen MR) is 55.5 cm³/mol. The first-order valence-corrected chi connectivity index (χ1v) is 5.15. The summed E-state index contributed by atoms with van der Waals surface area (Å²) in [6.45, 7) is 1.85. The number of carbonyl (C=O) groups is 1. The molecule has 0 radical (unpaired) electrons. The SMILES string of the molecule is Cc1cc(F)c2c(c1)N(C)C(=O)C21CC1. The largest absolute Gasteiger partial charge is 0.314 e. The number of halogens is 1. The van der Waals surface area contributed by atoms with Crippen molar-refractivity contribution < 1.29 is 9.18 Å². The van der Waals surface area contributed by atoms with Crippen molar-refractivity contribution in [3.05, 3.63) is 29.1 Å². The molecule has 1 aliphatic carbocycles. The Morgan fingerprint density at radius 2 is 2.07 bits per heavy atom. The number of anilines is 1. The fourth-order valence-electron chi connectivity index (χ4n) is 2.59. The molecule has 15 heavy (non-hydrogen) atoms. The molecule has 0 saturated heterocycles. The van der Waals surface area contributed by atoms with E-state index in [0.29, 0.717) is 5.56 Å². The van der Waals surface area contributed by atoms with Crippen LogP contribution in [0.4, 0.5) is 10.1 Å². The van der Waals surface area contributed by atoms with Crippen molar-refractivity contribution in [2.24, 2.45) is 0 Å². The lowest BCUT2D eigenvalue weighted by atomic mass is 9.96. The van der Waals surface area contributed by atoms with Crippen molar-refractivity contribution >= 4 is 11.6 Å². The molecule has 3 rings (SSSR count). The number of likely N-dealkylation sites (N-methyl/N-ethyl adjacent to an activating group) is 1. The summed E-state index contributed by atoms with van der Waals surface area (Å²) < 4.78 is 13.9. The first-order chi connectivity index (χ1) is 7.06. The molecule has 0 N–H and O–H groups in total. The van der Waals surface area contributed by atoms with Crippen LogP contribution in [0, 0.1) is 12.7 Å². The zero-order valence-electron chi connectivity index (χ0n) is 8.80. The highest BCUT2D eigenvalue weighted by atomic mass is 19.1. The summed E-state index contributed by atoms with van der Waals surface area (Å²) in [7, 11) is 1.73. The molecule has 1 saturated carbocycles. The first kappa shape index (κ1) is 8.89. The number of hydrogen-bond acceptors (Lipinski definition) is 1. The highest BCUT2D eigenvalue weighted by Gasteiger charge is 2.59. The smallest absolute Gasteiger partial charge is 0.237 e. The van der Waals surface area contributed by atoms with Crippen molar-refractivity contribution in [2.45, 2.75) is 25.2 Å². The van der Waals surface area contributed by atoms with Crippen molar-refractivity contribution in [3.8, 4) is 0 Å². The van der Waals surface area contributed by atoms with Crippen LogP contribution in [0.15, 0.2) is 12.1 Å². The van der Waals surface area contributed by atoms with Gasteiger partial charge in [0.05, 0.1) is 11.1 Å². The summed E-state index contributed by atoms with van der Waals surface area (Å²) in [5, 5.41) is 0. The standard InChI is InChI=1S/C12H12FNO/c1-7-5-8(13)10-9(6-7)14(2)11(15)12(10)3-4-12/h5-6H,3-4H2,1-2H3. The van der Waals surface area contributed by atoms with Gasteiger partial charge in [-0.2, -0.15) is 0 Å². The molecule has 0 aromatic heterocycles. The Labute approximate surface area is 87.7 Å². The molecule has 1 aliphatic heterocycles. The van der Waals surface area contributed by atoms with Gasteiger partial charge >= 0.3 is 0 Å². The molecule has 1 aromatic rings. The monoisotopic (exact) mass is 205 g/mol. The van der Waals surface area contributed by atoms with Crippen LogP contribution in [-0.2, 0) is 10.2 Å². The van der Waals surface area contributed by atoms with Crippen LogP contribution < -0.4 is 4.90 Å². The summed E-state index contributed by atoms with van der Waals surface area (Å²) in [5.41, 5.74) is 1.75. The lowest BCUT2D eigenvalue weighted by Gasteiger charge is -2.10. The maximum atomic E-state index is 13.9. The second-order valence-corrected chi connectivity index (χ2v) is 4.59. The molecule has 1 heterocycles. The third-order valence-corrected chi connectivity index (χ3v) is 3.52. The van der Waals surface area contributed by atoms with E-state index in [2.05, 4.69) is 0 Å². The third-order valence-electron chi connectivity index (χ3n) is 3.52. The zero-order valence-corrected chi connectivity index (χ0v) is 8.80. The second-order valence-electron chi connectivity index (χ2n) is 4.59. The van der Waals surface area contributed by atoms with Gasteiger partial charge in [-0.05, 0) is 37.5 Å². The number of aryl methyl sites for hydroxylation is 1. The number of fused-ring (bicyclic) bond motifs is 2. The zero-order chi connectivity index (χ0) is 10.8. The third kappa shape index (κ3) is 0.907. The van der Waals surface area contributed by atoms with Gasteiger partial charge in [-0.25, -0.2) is 4.39 Å². The Balaban J connectivity index is 2.32. The van der Waals surface area contributed by atoms with E-state index in [1.54, 1.807) is 11.9 Å². The van der Waals surface area contributed by atoms with E-state index in [1.807, 2.05) is 13.0 Å². The number of hydrogen-bond donors (Lipinski definition) is 0. The van der Waals surface area contributed by atoms with E-state index < -0.39 is 5.41 Å². The van der Waals surface area contributed by atoms with E-state index in [1.165, 1.54) is 6.07 Å². The molecule has 1 fully saturated rings. The van der Waals surface area contributed by atoms with Crippen molar-refractivity contribution in [1.29, 1.82) is 0 Å². The Morgan fingerprint density at radius 3 is 2.67 bits per heavy atom. The minimum atomic E-state index is -0.498. The molecule has 1 spiro atoms. The lowest BCUT2D eigenvalue weighted by molar-refractivity contribution is -0.119. The molecular weight excluding hydrogens is 193 g/mol. The Bertz CT molecular complexity index is 477. The highest BCUT2D eigenvalue weighted by molar-refractivity contribution is 6.09. The maximum absolute atomic E-state index is 13.9. The molecule has 0 atom stereocenters. The van der Waals surface area contributed by atoms with E-state index in [-0.39, 0.29) is 11.7 Å². The quantitative estimate of drug-likeness (QED) is 0.635. The Hall–Kier alpha value is -1.38. The van der Waals surface area contributed by atoms with Crippen LogP contribution in [0.2, 0.25) is 0 Å². The first-order valence-electron chi connectivity index (χ1n) is 5.15. The van der Waals surface area contributed by atoms with Gasteiger partial charge in [-0.15, -0.1) is 0 Å². The van der Waals surface area contributed by atoms with Crippen LogP contribution in [0.5, 0.6) is 0 Å². The summed E-state index contributed by atoms with van der Waals surface area (Å²) in [5.74, 6) is -0.165. The van der Waals surface area contributed by atoms with Crippen LogP contribution in [0.3, 0.4) is 0 Å². The molecule has 2 nitrogen and oxygen atoms in total. The molecule has 1 amide bonds. The predicted octanol–water partition coefficient (Wildman–Crippen LogP) is 2.14. The minimum Gasteiger partial charge on any atom is -0.314 e. The van der Waals surface area contributed by atoms with E-state index in [0.717, 1.165) is 24.1 Å². The molecule has 78 valence electrons. The molecular formula is C12H12FNO. The molecule has 0 bridgehead atoms. The molecule has 1 aromatic carbocycles. The van der Waals surface area contributed by atoms with Gasteiger partial charge in [-0.1, -0.05) is 0 Å². The van der Waals surface area contributed by atoms with Gasteiger partial charge in [0.15, 0.2) is 0 Å². The summed E-state index contributed by atoms with van der Waals surface area (Å²) in [4.78, 5) is 13.6. The van der Waals surface area contributed by atoms with Crippen molar-refractivity contribution in [2.75, 3.05) is 11.9 Å². The molecule has 3 heteroatoms. The number of benzene rings is 1. The van der Waals surface area contributed by atoms with Crippen molar-refractivity contribution in [3.63, 3.8) is 0 Å². The summed E-state index contributed by atoms with van der Waals surface area (Å²) in [6.07, 6.45) is 1.59. The van der Waals surface area contributed by atoms with Crippen LogP contribution in [0.25, 0.3) is 0 Å². The Morgan fingerprint density at radius 1 is 1.40 bits per heavy atom. The summed E-state index contributed by atoms with van der Waals surface area (Å²) >= 11 is 0. The van der Waals surface area contributed by atoms with Gasteiger partial charge in [0.25, 0.3) is 0 Å². The van der Waals surface area contributed by atoms with Gasteiger partial charge < -0.3 is 4.90 Å². The van der Waals surface area contributed by atoms with Gasteiger partial charge in [0, 0.05) is 12.6 Å². The maximum Gasteiger partial charge on any atom is 0.237 e. The van der Waals surface area contributed by atoms with Crippen molar-refractivity contribution in [1.82, 2.24) is 0 Å². The van der Waals surface area contributed by atoms with E-state index >= 15 is 0 Å². The van der Waals surface area contributed by atoms with Crippen LogP contribution in [0.1, 0.15) is 24.0 Å². The number of carbonyl (C=O) groups excluding carboxylic acids is 1. The van der Waals surface area contributed by atoms with E-state index in [4.69, 9.17) is 0 Å². The summed E-state index contributed by atoms with van der Waals surface area (Å²) in [6, 6.07) is 3.41. The fourth-order valence-corrected chi connectivity index (χ4v) is 2.59. The fraction of sp³-hybridized carbons (Fsp3) is 0.417. The normalized spacial score (nSPS) is 21.0. The van der Waals surface area contributed by atoms with Gasteiger partial charge in [0.1, 0.15) is 5.82 Å². The minimum absolute atomic E-state index is 0.0574. The number of nitrogens with zero attached hydrogens (tertiary/aromatic N) is 1. The van der Waals surface area contributed by atoms with Crippen LogP contribution >= 0.6 is 0 Å². The van der Waals surface area contributed by atoms with Gasteiger partial charge in [-0.3, -0.25) is 4.79 Å².